The quantitative estimate of drug-likeness (QED) is 0.768. The molecule has 0 fully saturated rings. The lowest BCUT2D eigenvalue weighted by Crippen LogP contribution is -2.31. The van der Waals surface area contributed by atoms with Gasteiger partial charge in [0.1, 0.15) is 12.4 Å². The molecule has 0 atom stereocenters. The molecule has 0 saturated heterocycles. The third kappa shape index (κ3) is 5.31. The van der Waals surface area contributed by atoms with E-state index in [1.807, 2.05) is 31.2 Å². The highest BCUT2D eigenvalue weighted by molar-refractivity contribution is 7.89. The summed E-state index contributed by atoms with van der Waals surface area (Å²) in [5, 5.41) is 0. The molecule has 2 aromatic carbocycles. The Kier molecular flexibility index (Phi) is 6.76. The molecule has 1 amide bonds. The minimum Gasteiger partial charge on any atom is -0.492 e. The summed E-state index contributed by atoms with van der Waals surface area (Å²) in [6, 6.07) is 13.7. The number of nitrogens with one attached hydrogen (secondary N) is 1. The van der Waals surface area contributed by atoms with E-state index in [9.17, 15) is 13.2 Å². The van der Waals surface area contributed by atoms with Crippen LogP contribution in [0, 0.1) is 6.92 Å². The van der Waals surface area contributed by atoms with E-state index in [0.29, 0.717) is 18.7 Å². The molecule has 26 heavy (non-hydrogen) atoms. The highest BCUT2D eigenvalue weighted by atomic mass is 32.2. The number of ether oxygens (including phenoxy) is 1. The van der Waals surface area contributed by atoms with Crippen molar-refractivity contribution < 1.29 is 17.9 Å². The van der Waals surface area contributed by atoms with E-state index in [0.717, 1.165) is 11.3 Å². The second-order valence-electron chi connectivity index (χ2n) is 5.92. The summed E-state index contributed by atoms with van der Waals surface area (Å²) >= 11 is 0. The number of benzene rings is 2. The molecule has 0 aromatic heterocycles. The van der Waals surface area contributed by atoms with Gasteiger partial charge in [0.05, 0.1) is 11.4 Å². The van der Waals surface area contributed by atoms with Crippen molar-refractivity contribution in [3.05, 3.63) is 59.7 Å². The normalized spacial score (nSPS) is 11.2. The summed E-state index contributed by atoms with van der Waals surface area (Å²) in [5.41, 5.74) is 1.47. The van der Waals surface area contributed by atoms with Crippen molar-refractivity contribution in [3.63, 3.8) is 0 Å². The van der Waals surface area contributed by atoms with E-state index in [-0.39, 0.29) is 17.3 Å². The van der Waals surface area contributed by atoms with Gasteiger partial charge in [-0.2, -0.15) is 0 Å². The minimum atomic E-state index is -3.59. The first-order valence-corrected chi connectivity index (χ1v) is 9.86. The number of sulfonamides is 1. The van der Waals surface area contributed by atoms with E-state index in [1.54, 1.807) is 26.1 Å². The van der Waals surface area contributed by atoms with Crippen molar-refractivity contribution in [2.45, 2.75) is 18.7 Å². The molecule has 0 unspecified atom stereocenters. The first-order valence-electron chi connectivity index (χ1n) is 8.38. The van der Waals surface area contributed by atoms with Gasteiger partial charge < -0.3 is 9.64 Å². The first kappa shape index (κ1) is 19.9. The van der Waals surface area contributed by atoms with Gasteiger partial charge in [-0.25, -0.2) is 13.1 Å². The van der Waals surface area contributed by atoms with Gasteiger partial charge in [-0.1, -0.05) is 30.7 Å². The van der Waals surface area contributed by atoms with Crippen LogP contribution in [0.15, 0.2) is 53.4 Å². The van der Waals surface area contributed by atoms with E-state index in [2.05, 4.69) is 4.72 Å². The number of likely N-dealkylation sites (N-methyl/N-ethyl adjacent to an activating group) is 1. The summed E-state index contributed by atoms with van der Waals surface area (Å²) in [5.74, 6) is 0.487. The number of aryl methyl sites for hydroxylation is 1. The molecular weight excluding hydrogens is 352 g/mol. The van der Waals surface area contributed by atoms with Crippen molar-refractivity contribution in [2.75, 3.05) is 26.7 Å². The van der Waals surface area contributed by atoms with Crippen molar-refractivity contribution in [3.8, 4) is 5.75 Å². The average Bonchev–Trinajstić information content (AvgIpc) is 2.62. The summed E-state index contributed by atoms with van der Waals surface area (Å²) in [7, 11) is -1.93. The lowest BCUT2D eigenvalue weighted by Gasteiger charge is -2.18. The van der Waals surface area contributed by atoms with Crippen LogP contribution in [0.3, 0.4) is 0 Å². The Bertz CT molecular complexity index is 848. The van der Waals surface area contributed by atoms with Gasteiger partial charge in [-0.3, -0.25) is 4.79 Å². The topological polar surface area (TPSA) is 75.7 Å². The fourth-order valence-corrected chi connectivity index (χ4v) is 3.41. The lowest BCUT2D eigenvalue weighted by molar-refractivity contribution is 0.0773. The van der Waals surface area contributed by atoms with Crippen LogP contribution in [0.25, 0.3) is 0 Å². The predicted molar refractivity (Wildman–Crippen MR) is 101 cm³/mol. The summed E-state index contributed by atoms with van der Waals surface area (Å²) < 4.78 is 32.2. The molecule has 0 heterocycles. The van der Waals surface area contributed by atoms with Crippen LogP contribution in [0.5, 0.6) is 5.75 Å². The zero-order valence-electron chi connectivity index (χ0n) is 15.2. The van der Waals surface area contributed by atoms with E-state index in [4.69, 9.17) is 4.74 Å². The molecule has 7 heteroatoms. The Balaban J connectivity index is 1.98. The number of carbonyl (C=O) groups excluding carboxylic acids is 1. The molecule has 0 spiro atoms. The number of carbonyl (C=O) groups is 1. The Labute approximate surface area is 154 Å². The van der Waals surface area contributed by atoms with Crippen molar-refractivity contribution in [1.82, 2.24) is 9.62 Å². The maximum Gasteiger partial charge on any atom is 0.253 e. The van der Waals surface area contributed by atoms with E-state index < -0.39 is 10.0 Å². The third-order valence-corrected chi connectivity index (χ3v) is 5.33. The van der Waals surface area contributed by atoms with Gasteiger partial charge in [0, 0.05) is 19.2 Å². The molecule has 0 aliphatic rings. The smallest absolute Gasteiger partial charge is 0.253 e. The Morgan fingerprint density at radius 1 is 1.15 bits per heavy atom. The highest BCUT2D eigenvalue weighted by Gasteiger charge is 2.17. The molecule has 0 aliphatic heterocycles. The molecule has 0 bridgehead atoms. The van der Waals surface area contributed by atoms with Crippen LogP contribution >= 0.6 is 0 Å². The number of nitrogens with zero attached hydrogens (tertiary/aromatic N) is 1. The summed E-state index contributed by atoms with van der Waals surface area (Å²) in [6.45, 7) is 4.73. The summed E-state index contributed by atoms with van der Waals surface area (Å²) in [4.78, 5) is 14.1. The predicted octanol–water partition coefficient (Wildman–Crippen LogP) is 2.44. The Hall–Kier alpha value is -2.38. The van der Waals surface area contributed by atoms with Gasteiger partial charge in [0.25, 0.3) is 5.91 Å². The SMILES string of the molecule is CCNS(=O)(=O)c1cccc(C(=O)N(C)CCOc2ccc(C)cc2)c1. The molecule has 1 N–H and O–H groups in total. The average molecular weight is 376 g/mol. The second-order valence-corrected chi connectivity index (χ2v) is 7.68. The number of amides is 1. The van der Waals surface area contributed by atoms with Crippen molar-refractivity contribution in [1.29, 1.82) is 0 Å². The van der Waals surface area contributed by atoms with Gasteiger partial charge in [0.15, 0.2) is 0 Å². The molecule has 0 saturated carbocycles. The van der Waals surface area contributed by atoms with Crippen LogP contribution < -0.4 is 9.46 Å². The van der Waals surface area contributed by atoms with Gasteiger partial charge in [-0.15, -0.1) is 0 Å². The fourth-order valence-electron chi connectivity index (χ4n) is 2.33. The second kappa shape index (κ2) is 8.82. The molecule has 6 nitrogen and oxygen atoms in total. The molecule has 2 rings (SSSR count). The van der Waals surface area contributed by atoms with Crippen LogP contribution in [0.2, 0.25) is 0 Å². The Morgan fingerprint density at radius 2 is 1.85 bits per heavy atom. The van der Waals surface area contributed by atoms with Crippen molar-refractivity contribution >= 4 is 15.9 Å². The lowest BCUT2D eigenvalue weighted by atomic mass is 10.2. The largest absolute Gasteiger partial charge is 0.492 e. The molecule has 140 valence electrons. The highest BCUT2D eigenvalue weighted by Crippen LogP contribution is 2.14. The monoisotopic (exact) mass is 376 g/mol. The number of hydrogen-bond acceptors (Lipinski definition) is 4. The van der Waals surface area contributed by atoms with E-state index >= 15 is 0 Å². The van der Waals surface area contributed by atoms with Crippen LogP contribution in [-0.4, -0.2) is 46.0 Å². The third-order valence-electron chi connectivity index (χ3n) is 3.79. The summed E-state index contributed by atoms with van der Waals surface area (Å²) in [6.07, 6.45) is 0. The van der Waals surface area contributed by atoms with Crippen molar-refractivity contribution in [2.24, 2.45) is 0 Å². The van der Waals surface area contributed by atoms with Gasteiger partial charge in [-0.05, 0) is 37.3 Å². The minimum absolute atomic E-state index is 0.0782. The molecule has 0 aliphatic carbocycles. The van der Waals surface area contributed by atoms with Gasteiger partial charge in [0.2, 0.25) is 10.0 Å². The molecular formula is C19H24N2O4S. The first-order chi connectivity index (χ1) is 12.3. The van der Waals surface area contributed by atoms with Crippen LogP contribution in [0.4, 0.5) is 0 Å². The van der Waals surface area contributed by atoms with E-state index in [1.165, 1.54) is 17.0 Å². The zero-order valence-corrected chi connectivity index (χ0v) is 16.0. The Morgan fingerprint density at radius 3 is 2.50 bits per heavy atom. The standard InChI is InChI=1S/C19H24N2O4S/c1-4-20-26(23,24)18-7-5-6-16(14-18)19(22)21(3)12-13-25-17-10-8-15(2)9-11-17/h5-11,14,20H,4,12-13H2,1-3H3. The van der Waals surface area contributed by atoms with Gasteiger partial charge >= 0.3 is 0 Å². The maximum atomic E-state index is 12.5. The number of rotatable bonds is 8. The molecule has 2 aromatic rings. The van der Waals surface area contributed by atoms with Crippen LogP contribution in [0.1, 0.15) is 22.8 Å². The maximum absolute atomic E-state index is 12.5. The molecule has 0 radical (unpaired) electrons. The fraction of sp³-hybridized carbons (Fsp3) is 0.316. The zero-order chi connectivity index (χ0) is 19.2. The van der Waals surface area contributed by atoms with Crippen LogP contribution in [-0.2, 0) is 10.0 Å². The number of hydrogen-bond donors (Lipinski definition) is 1.